The Morgan fingerprint density at radius 2 is 1.93 bits per heavy atom. The predicted molar refractivity (Wildman–Crippen MR) is 96.7 cm³/mol. The summed E-state index contributed by atoms with van der Waals surface area (Å²) in [6, 6.07) is 5.22. The Kier molecular flexibility index (Phi) is 5.91. The zero-order valence-corrected chi connectivity index (χ0v) is 15.3. The molecule has 3 rings (SSSR count). The predicted octanol–water partition coefficient (Wildman–Crippen LogP) is 1.95. The van der Waals surface area contributed by atoms with Gasteiger partial charge >= 0.3 is 12.0 Å². The number of carbonyl (C=O) groups excluding carboxylic acids is 4. The Morgan fingerprint density at radius 1 is 1.21 bits per heavy atom. The number of nitrogens with zero attached hydrogens (tertiary/aromatic N) is 1. The minimum absolute atomic E-state index is 0.00273. The summed E-state index contributed by atoms with van der Waals surface area (Å²) in [6.07, 6.45) is 3.29. The van der Waals surface area contributed by atoms with Crippen LogP contribution in [0.2, 0.25) is 0 Å². The molecule has 2 aliphatic rings. The number of para-hydroxylation sites is 1. The Hall–Kier alpha value is -2.97. The van der Waals surface area contributed by atoms with Gasteiger partial charge in [0.05, 0.1) is 5.69 Å². The van der Waals surface area contributed by atoms with E-state index >= 15 is 0 Å². The summed E-state index contributed by atoms with van der Waals surface area (Å²) in [5.41, 5.74) is -0.759. The standard InChI is InChI=1S/C19H22FN3O5/c20-13-6-1-2-7-14(13)21-15(24)12-28-16(25)8-5-11-23-17(26)19(22-18(23)27)9-3-4-10-19/h1-2,6-7H,3-5,8-12H2,(H,21,24)(H,22,27). The van der Waals surface area contributed by atoms with E-state index in [1.54, 1.807) is 6.07 Å². The number of imide groups is 1. The van der Waals surface area contributed by atoms with Gasteiger partial charge in [0.1, 0.15) is 11.4 Å². The maximum atomic E-state index is 13.4. The molecule has 1 saturated heterocycles. The number of urea groups is 1. The second-order valence-electron chi connectivity index (χ2n) is 6.97. The van der Waals surface area contributed by atoms with Crippen molar-refractivity contribution in [3.8, 4) is 0 Å². The van der Waals surface area contributed by atoms with Crippen molar-refractivity contribution in [3.63, 3.8) is 0 Å². The summed E-state index contributed by atoms with van der Waals surface area (Å²) in [5, 5.41) is 5.08. The molecule has 1 aromatic carbocycles. The van der Waals surface area contributed by atoms with E-state index in [-0.39, 0.29) is 31.0 Å². The van der Waals surface area contributed by atoms with Crippen molar-refractivity contribution in [3.05, 3.63) is 30.1 Å². The van der Waals surface area contributed by atoms with Gasteiger partial charge in [-0.3, -0.25) is 19.3 Å². The van der Waals surface area contributed by atoms with E-state index in [1.807, 2.05) is 0 Å². The Balaban J connectivity index is 1.38. The van der Waals surface area contributed by atoms with Crippen LogP contribution in [0.15, 0.2) is 24.3 Å². The molecule has 9 heteroatoms. The van der Waals surface area contributed by atoms with Gasteiger partial charge in [-0.05, 0) is 31.4 Å². The molecule has 150 valence electrons. The maximum Gasteiger partial charge on any atom is 0.325 e. The fourth-order valence-corrected chi connectivity index (χ4v) is 3.55. The number of carbonyl (C=O) groups is 4. The van der Waals surface area contributed by atoms with Gasteiger partial charge in [-0.1, -0.05) is 25.0 Å². The second kappa shape index (κ2) is 8.37. The highest BCUT2D eigenvalue weighted by atomic mass is 19.1. The molecule has 1 spiro atoms. The van der Waals surface area contributed by atoms with Gasteiger partial charge in [0.15, 0.2) is 6.61 Å². The second-order valence-corrected chi connectivity index (χ2v) is 6.97. The average Bonchev–Trinajstić information content (AvgIpc) is 3.22. The normalized spacial score (nSPS) is 17.7. The molecule has 1 aliphatic heterocycles. The van der Waals surface area contributed by atoms with E-state index in [4.69, 9.17) is 4.74 Å². The van der Waals surface area contributed by atoms with Crippen LogP contribution in [0.5, 0.6) is 0 Å². The number of hydrogen-bond acceptors (Lipinski definition) is 5. The highest BCUT2D eigenvalue weighted by Gasteiger charge is 2.52. The van der Waals surface area contributed by atoms with Crippen molar-refractivity contribution in [1.82, 2.24) is 10.2 Å². The van der Waals surface area contributed by atoms with Crippen LogP contribution >= 0.6 is 0 Å². The first-order valence-corrected chi connectivity index (χ1v) is 9.25. The van der Waals surface area contributed by atoms with Crippen molar-refractivity contribution in [2.45, 2.75) is 44.1 Å². The molecule has 1 aliphatic carbocycles. The number of anilines is 1. The molecule has 1 saturated carbocycles. The van der Waals surface area contributed by atoms with Gasteiger partial charge in [-0.25, -0.2) is 9.18 Å². The molecule has 0 radical (unpaired) electrons. The van der Waals surface area contributed by atoms with E-state index in [9.17, 15) is 23.6 Å². The first-order valence-electron chi connectivity index (χ1n) is 9.25. The maximum absolute atomic E-state index is 13.4. The van der Waals surface area contributed by atoms with E-state index in [0.29, 0.717) is 12.8 Å². The SMILES string of the molecule is O=C(COC(=O)CCCN1C(=O)NC2(CCCC2)C1=O)Nc1ccccc1F. The number of nitrogens with one attached hydrogen (secondary N) is 2. The zero-order valence-electron chi connectivity index (χ0n) is 15.3. The third-order valence-electron chi connectivity index (χ3n) is 4.98. The van der Waals surface area contributed by atoms with Crippen molar-refractivity contribution in [2.24, 2.45) is 0 Å². The van der Waals surface area contributed by atoms with E-state index < -0.39 is 35.9 Å². The molecule has 0 unspecified atom stereocenters. The molecule has 0 bridgehead atoms. The molecule has 0 atom stereocenters. The van der Waals surface area contributed by atoms with Crippen LogP contribution in [-0.2, 0) is 19.1 Å². The Labute approximate surface area is 161 Å². The van der Waals surface area contributed by atoms with Gasteiger partial charge in [0, 0.05) is 13.0 Å². The molecular formula is C19H22FN3O5. The number of esters is 1. The third-order valence-corrected chi connectivity index (χ3v) is 4.98. The summed E-state index contributed by atoms with van der Waals surface area (Å²) in [4.78, 5) is 49.1. The van der Waals surface area contributed by atoms with Crippen molar-refractivity contribution in [1.29, 1.82) is 0 Å². The quantitative estimate of drug-likeness (QED) is 0.546. The number of hydrogen-bond donors (Lipinski definition) is 2. The summed E-state index contributed by atoms with van der Waals surface area (Å²) < 4.78 is 18.3. The number of halogens is 1. The van der Waals surface area contributed by atoms with Gasteiger partial charge in [0.2, 0.25) is 0 Å². The topological polar surface area (TPSA) is 105 Å². The number of benzene rings is 1. The molecule has 0 aromatic heterocycles. The summed E-state index contributed by atoms with van der Waals surface area (Å²) >= 11 is 0. The van der Waals surface area contributed by atoms with Crippen LogP contribution in [0, 0.1) is 5.82 Å². The molecule has 1 heterocycles. The van der Waals surface area contributed by atoms with Gasteiger partial charge in [-0.15, -0.1) is 0 Å². The lowest BCUT2D eigenvalue weighted by atomic mass is 9.98. The number of ether oxygens (including phenoxy) is 1. The van der Waals surface area contributed by atoms with Crippen LogP contribution in [0.25, 0.3) is 0 Å². The van der Waals surface area contributed by atoms with E-state index in [2.05, 4.69) is 10.6 Å². The summed E-state index contributed by atoms with van der Waals surface area (Å²) in [7, 11) is 0. The zero-order chi connectivity index (χ0) is 20.1. The molecule has 1 aromatic rings. The largest absolute Gasteiger partial charge is 0.456 e. The lowest BCUT2D eigenvalue weighted by Crippen LogP contribution is -2.44. The smallest absolute Gasteiger partial charge is 0.325 e. The molecule has 8 nitrogen and oxygen atoms in total. The Morgan fingerprint density at radius 3 is 2.64 bits per heavy atom. The monoisotopic (exact) mass is 391 g/mol. The van der Waals surface area contributed by atoms with Crippen LogP contribution in [0.1, 0.15) is 38.5 Å². The highest BCUT2D eigenvalue weighted by Crippen LogP contribution is 2.35. The third kappa shape index (κ3) is 4.29. The lowest BCUT2D eigenvalue weighted by molar-refractivity contribution is -0.147. The number of amides is 4. The highest BCUT2D eigenvalue weighted by molar-refractivity contribution is 6.07. The van der Waals surface area contributed by atoms with Crippen LogP contribution in [-0.4, -0.2) is 47.4 Å². The lowest BCUT2D eigenvalue weighted by Gasteiger charge is -2.19. The minimum Gasteiger partial charge on any atom is -0.456 e. The first-order chi connectivity index (χ1) is 13.4. The fraction of sp³-hybridized carbons (Fsp3) is 0.474. The van der Waals surface area contributed by atoms with Gasteiger partial charge < -0.3 is 15.4 Å². The fourth-order valence-electron chi connectivity index (χ4n) is 3.55. The summed E-state index contributed by atoms with van der Waals surface area (Å²) in [5.74, 6) is -2.11. The van der Waals surface area contributed by atoms with Crippen LogP contribution < -0.4 is 10.6 Å². The Bertz CT molecular complexity index is 792. The molecule has 2 fully saturated rings. The first kappa shape index (κ1) is 19.8. The minimum atomic E-state index is -0.762. The molecule has 28 heavy (non-hydrogen) atoms. The average molecular weight is 391 g/mol. The van der Waals surface area contributed by atoms with Crippen LogP contribution in [0.4, 0.5) is 14.9 Å². The van der Waals surface area contributed by atoms with E-state index in [1.165, 1.54) is 18.2 Å². The summed E-state index contributed by atoms with van der Waals surface area (Å²) in [6.45, 7) is -0.428. The van der Waals surface area contributed by atoms with Gasteiger partial charge in [0.25, 0.3) is 11.8 Å². The van der Waals surface area contributed by atoms with Crippen molar-refractivity contribution >= 4 is 29.5 Å². The van der Waals surface area contributed by atoms with E-state index in [0.717, 1.165) is 17.7 Å². The van der Waals surface area contributed by atoms with Crippen LogP contribution in [0.3, 0.4) is 0 Å². The van der Waals surface area contributed by atoms with Crippen molar-refractivity contribution < 1.29 is 28.3 Å². The molecular weight excluding hydrogens is 369 g/mol. The number of rotatable bonds is 7. The van der Waals surface area contributed by atoms with Gasteiger partial charge in [-0.2, -0.15) is 0 Å². The molecule has 4 amide bonds. The molecule has 2 N–H and O–H groups in total. The van der Waals surface area contributed by atoms with Crippen molar-refractivity contribution in [2.75, 3.05) is 18.5 Å².